The van der Waals surface area contributed by atoms with Gasteiger partial charge in [-0.1, -0.05) is 20.8 Å². The molecule has 0 amide bonds. The molecule has 1 unspecified atom stereocenters. The molecule has 0 saturated carbocycles. The molecule has 0 rings (SSSR count). The number of hydrogen-bond donors (Lipinski definition) is 3. The summed E-state index contributed by atoms with van der Waals surface area (Å²) in [5.41, 5.74) is 7.09. The van der Waals surface area contributed by atoms with Crippen LogP contribution in [-0.2, 0) is 0 Å². The summed E-state index contributed by atoms with van der Waals surface area (Å²) in [5, 5.41) is 8.36. The number of nitrogens with one attached hydrogen (secondary N) is 1. The summed E-state index contributed by atoms with van der Waals surface area (Å²) < 4.78 is 0. The highest BCUT2D eigenvalue weighted by molar-refractivity contribution is 5.76. The van der Waals surface area contributed by atoms with E-state index in [1.54, 1.807) is 0 Å². The number of hydrogen-bond acceptors (Lipinski definition) is 2. The first-order valence-corrected chi connectivity index (χ1v) is 3.85. The molecule has 0 aliphatic carbocycles. The predicted molar refractivity (Wildman–Crippen MR) is 45.5 cm³/mol. The van der Waals surface area contributed by atoms with Crippen molar-refractivity contribution in [3.05, 3.63) is 0 Å². The smallest absolute Gasteiger partial charge is 0.213 e. The van der Waals surface area contributed by atoms with Gasteiger partial charge in [0.05, 0.1) is 6.04 Å². The van der Waals surface area contributed by atoms with Crippen molar-refractivity contribution in [3.8, 4) is 0 Å². The van der Waals surface area contributed by atoms with Gasteiger partial charge in [0, 0.05) is 0 Å². The van der Waals surface area contributed by atoms with Gasteiger partial charge in [-0.15, -0.1) is 0 Å². The fourth-order valence-corrected chi connectivity index (χ4v) is 0.919. The monoisotopic (exact) mass is 159 g/mol. The van der Waals surface area contributed by atoms with Crippen molar-refractivity contribution in [2.45, 2.75) is 33.2 Å². The molecular weight excluding hydrogens is 142 g/mol. The van der Waals surface area contributed by atoms with Gasteiger partial charge >= 0.3 is 0 Å². The van der Waals surface area contributed by atoms with Crippen LogP contribution in [-0.4, -0.2) is 17.2 Å². The first-order valence-electron chi connectivity index (χ1n) is 3.85. The summed E-state index contributed by atoms with van der Waals surface area (Å²) in [6.45, 7) is 6.18. The zero-order valence-electron chi connectivity index (χ0n) is 7.33. The van der Waals surface area contributed by atoms with Gasteiger partial charge in [-0.3, -0.25) is 5.21 Å². The van der Waals surface area contributed by atoms with E-state index >= 15 is 0 Å². The molecule has 0 aromatic heterocycles. The van der Waals surface area contributed by atoms with Crippen molar-refractivity contribution in [1.82, 2.24) is 5.48 Å². The summed E-state index contributed by atoms with van der Waals surface area (Å²) in [7, 11) is 0. The molecule has 0 heterocycles. The maximum absolute atomic E-state index is 8.36. The minimum Gasteiger partial charge on any atom is -0.368 e. The average molecular weight is 159 g/mol. The topological polar surface area (TPSA) is 70.6 Å². The molecule has 11 heavy (non-hydrogen) atoms. The van der Waals surface area contributed by atoms with Crippen LogP contribution in [0.4, 0.5) is 0 Å². The summed E-state index contributed by atoms with van der Waals surface area (Å²) in [4.78, 5) is 4.05. The van der Waals surface area contributed by atoms with Crippen molar-refractivity contribution < 1.29 is 5.21 Å². The predicted octanol–water partition coefficient (Wildman–Crippen LogP) is 0.715. The lowest BCUT2D eigenvalue weighted by atomic mass is 10.0. The van der Waals surface area contributed by atoms with Crippen LogP contribution in [0.1, 0.15) is 27.2 Å². The molecule has 0 aromatic carbocycles. The Morgan fingerprint density at radius 3 is 2.45 bits per heavy atom. The highest BCUT2D eigenvalue weighted by Gasteiger charge is 2.08. The Morgan fingerprint density at radius 2 is 2.18 bits per heavy atom. The molecule has 4 heteroatoms. The third kappa shape index (κ3) is 3.83. The number of hydroxylamine groups is 1. The molecule has 66 valence electrons. The largest absolute Gasteiger partial charge is 0.368 e. The van der Waals surface area contributed by atoms with Gasteiger partial charge in [0.1, 0.15) is 0 Å². The normalized spacial score (nSPS) is 15.2. The SMILES string of the molecule is CCC(N=C(N)NO)C(C)C. The number of guanidine groups is 1. The van der Waals surface area contributed by atoms with Crippen LogP contribution >= 0.6 is 0 Å². The van der Waals surface area contributed by atoms with E-state index in [2.05, 4.69) is 18.8 Å². The first kappa shape index (κ1) is 10.2. The van der Waals surface area contributed by atoms with Gasteiger partial charge in [-0.25, -0.2) is 10.5 Å². The second-order valence-electron chi connectivity index (χ2n) is 2.85. The van der Waals surface area contributed by atoms with Gasteiger partial charge in [-0.05, 0) is 12.3 Å². The van der Waals surface area contributed by atoms with Crippen LogP contribution in [0.15, 0.2) is 4.99 Å². The fraction of sp³-hybridized carbons (Fsp3) is 0.857. The Kier molecular flexibility index (Phi) is 4.61. The standard InChI is InChI=1S/C7H17N3O/c1-4-6(5(2)3)9-7(8)10-11/h5-6,11H,4H2,1-3H3,(H3,8,9,10). The third-order valence-electron chi connectivity index (χ3n) is 1.61. The van der Waals surface area contributed by atoms with Crippen LogP contribution in [0, 0.1) is 5.92 Å². The van der Waals surface area contributed by atoms with E-state index in [9.17, 15) is 0 Å². The van der Waals surface area contributed by atoms with E-state index in [4.69, 9.17) is 10.9 Å². The molecule has 1 atom stereocenters. The van der Waals surface area contributed by atoms with E-state index in [0.29, 0.717) is 5.92 Å². The maximum Gasteiger partial charge on any atom is 0.213 e. The first-order chi connectivity index (χ1) is 5.11. The van der Waals surface area contributed by atoms with Crippen LogP contribution in [0.2, 0.25) is 0 Å². The summed E-state index contributed by atoms with van der Waals surface area (Å²) in [6.07, 6.45) is 0.931. The summed E-state index contributed by atoms with van der Waals surface area (Å²) >= 11 is 0. The van der Waals surface area contributed by atoms with E-state index in [1.165, 1.54) is 0 Å². The van der Waals surface area contributed by atoms with Crippen LogP contribution < -0.4 is 11.2 Å². The Labute approximate surface area is 67.5 Å². The maximum atomic E-state index is 8.36. The molecule has 0 fully saturated rings. The highest BCUT2D eigenvalue weighted by atomic mass is 16.5. The number of rotatable bonds is 3. The molecule has 0 bridgehead atoms. The van der Waals surface area contributed by atoms with Gasteiger partial charge in [0.15, 0.2) is 0 Å². The molecule has 4 N–H and O–H groups in total. The number of nitrogens with two attached hydrogens (primary N) is 1. The molecule has 0 aliphatic rings. The molecule has 0 aliphatic heterocycles. The van der Waals surface area contributed by atoms with Gasteiger partial charge in [0.2, 0.25) is 5.96 Å². The van der Waals surface area contributed by atoms with E-state index in [-0.39, 0.29) is 12.0 Å². The Hall–Kier alpha value is -0.770. The third-order valence-corrected chi connectivity index (χ3v) is 1.61. The number of nitrogens with zero attached hydrogens (tertiary/aromatic N) is 1. The zero-order chi connectivity index (χ0) is 8.85. The van der Waals surface area contributed by atoms with Crippen molar-refractivity contribution in [1.29, 1.82) is 0 Å². The molecule has 0 saturated heterocycles. The van der Waals surface area contributed by atoms with Crippen molar-refractivity contribution in [2.24, 2.45) is 16.6 Å². The van der Waals surface area contributed by atoms with Crippen molar-refractivity contribution in [2.75, 3.05) is 0 Å². The molecule has 0 spiro atoms. The van der Waals surface area contributed by atoms with Gasteiger partial charge < -0.3 is 5.73 Å². The quantitative estimate of drug-likeness (QED) is 0.323. The van der Waals surface area contributed by atoms with Crippen molar-refractivity contribution >= 4 is 5.96 Å². The minimum atomic E-state index is 0.0885. The van der Waals surface area contributed by atoms with Gasteiger partial charge in [0.25, 0.3) is 0 Å². The highest BCUT2D eigenvalue weighted by Crippen LogP contribution is 2.09. The second kappa shape index (κ2) is 4.96. The van der Waals surface area contributed by atoms with E-state index < -0.39 is 0 Å². The van der Waals surface area contributed by atoms with Crippen LogP contribution in [0.5, 0.6) is 0 Å². The average Bonchev–Trinajstić information content (AvgIpc) is 1.99. The van der Waals surface area contributed by atoms with Crippen LogP contribution in [0.3, 0.4) is 0 Å². The van der Waals surface area contributed by atoms with Gasteiger partial charge in [-0.2, -0.15) is 0 Å². The molecule has 0 aromatic rings. The molecule has 0 radical (unpaired) electrons. The summed E-state index contributed by atoms with van der Waals surface area (Å²) in [6, 6.07) is 0.189. The zero-order valence-corrected chi connectivity index (χ0v) is 7.33. The lowest BCUT2D eigenvalue weighted by Crippen LogP contribution is -2.31. The Bertz CT molecular complexity index is 134. The van der Waals surface area contributed by atoms with E-state index in [0.717, 1.165) is 6.42 Å². The van der Waals surface area contributed by atoms with Crippen molar-refractivity contribution in [3.63, 3.8) is 0 Å². The molecule has 4 nitrogen and oxygen atoms in total. The summed E-state index contributed by atoms with van der Waals surface area (Å²) in [5.74, 6) is 0.539. The molecular formula is C7H17N3O. The lowest BCUT2D eigenvalue weighted by molar-refractivity contribution is 0.231. The van der Waals surface area contributed by atoms with Crippen LogP contribution in [0.25, 0.3) is 0 Å². The second-order valence-corrected chi connectivity index (χ2v) is 2.85. The fourth-order valence-electron chi connectivity index (χ4n) is 0.919. The van der Waals surface area contributed by atoms with E-state index in [1.807, 2.05) is 12.4 Å². The number of aliphatic imine (C=N–C) groups is 1. The Morgan fingerprint density at radius 1 is 1.64 bits per heavy atom. The Balaban J connectivity index is 4.06. The lowest BCUT2D eigenvalue weighted by Gasteiger charge is -2.14. The minimum absolute atomic E-state index is 0.0885.